The van der Waals surface area contributed by atoms with Crippen LogP contribution in [-0.2, 0) is 0 Å². The average molecular weight is 779 g/mol. The van der Waals surface area contributed by atoms with Gasteiger partial charge in [-0.3, -0.25) is 0 Å². The topological polar surface area (TPSA) is 41.9 Å². The van der Waals surface area contributed by atoms with E-state index < -0.39 is 0 Å². The van der Waals surface area contributed by atoms with Gasteiger partial charge in [-0.05, 0) is 64.4 Å². The monoisotopic (exact) mass is 778 g/mol. The summed E-state index contributed by atoms with van der Waals surface area (Å²) in [6.45, 7) is 0. The summed E-state index contributed by atoms with van der Waals surface area (Å²) in [5.41, 5.74) is 12.9. The van der Waals surface area contributed by atoms with E-state index in [9.17, 15) is 0 Å². The molecule has 286 valence electrons. The zero-order chi connectivity index (χ0) is 40.5. The highest BCUT2D eigenvalue weighted by Gasteiger charge is 2.24. The summed E-state index contributed by atoms with van der Waals surface area (Å²) in [4.78, 5) is 18.7. The Hall–Kier alpha value is -8.21. The number of aromatic nitrogens is 3. The van der Waals surface area contributed by atoms with Crippen molar-refractivity contribution >= 4 is 49.5 Å². The Labute approximate surface area is 354 Å². The summed E-state index contributed by atoms with van der Waals surface area (Å²) in [5.74, 6) is 0.663. The molecule has 0 radical (unpaired) electrons. The normalized spacial score (nSPS) is 11.3. The lowest BCUT2D eigenvalue weighted by Crippen LogP contribution is -2.11. The van der Waals surface area contributed by atoms with Crippen molar-refractivity contribution in [3.63, 3.8) is 0 Å². The number of rotatable bonds is 8. The molecule has 4 nitrogen and oxygen atoms in total. The molecule has 0 aliphatic heterocycles. The van der Waals surface area contributed by atoms with Crippen LogP contribution in [0.5, 0.6) is 0 Å². The lowest BCUT2D eigenvalue weighted by atomic mass is 9.89. The van der Waals surface area contributed by atoms with Gasteiger partial charge in [-0.15, -0.1) is 0 Å². The van der Waals surface area contributed by atoms with Crippen molar-refractivity contribution in [1.29, 1.82) is 0 Å². The van der Waals surface area contributed by atoms with Crippen LogP contribution in [0.15, 0.2) is 231 Å². The van der Waals surface area contributed by atoms with Crippen LogP contribution in [0.3, 0.4) is 0 Å². The van der Waals surface area contributed by atoms with Crippen molar-refractivity contribution in [2.45, 2.75) is 0 Å². The van der Waals surface area contributed by atoms with E-state index in [-0.39, 0.29) is 0 Å². The Balaban J connectivity index is 1.23. The van der Waals surface area contributed by atoms with Gasteiger partial charge in [-0.1, -0.05) is 188 Å². The van der Waals surface area contributed by atoms with Crippen molar-refractivity contribution in [2.24, 2.45) is 0 Å². The number of nitrogens with zero attached hydrogens (tertiary/aromatic N) is 4. The Morgan fingerprint density at radius 1 is 0.328 bits per heavy atom. The standard InChI is InChI=1S/C57H38N4/c1-6-19-39(20-7-1)40-33-35-43(36-34-40)57-58-50(41-21-8-2-9-22-41)38-51(59-57)49-37-44-25-16-17-30-47(44)53-48-31-18-32-52(56(48)60-55(54(49)53)42-23-10-3-11-24-42)61(45-26-12-4-13-27-45)46-28-14-5-15-29-46/h1-38H. The third kappa shape index (κ3) is 6.67. The van der Waals surface area contributed by atoms with E-state index in [0.29, 0.717) is 5.82 Å². The van der Waals surface area contributed by atoms with E-state index in [1.807, 2.05) is 12.1 Å². The smallest absolute Gasteiger partial charge is 0.160 e. The molecule has 0 bridgehead atoms. The van der Waals surface area contributed by atoms with E-state index >= 15 is 0 Å². The number of pyridine rings is 1. The number of fused-ring (bicyclic) bond motifs is 5. The van der Waals surface area contributed by atoms with Gasteiger partial charge in [-0.25, -0.2) is 15.0 Å². The van der Waals surface area contributed by atoms with Crippen molar-refractivity contribution in [3.05, 3.63) is 231 Å². The van der Waals surface area contributed by atoms with Gasteiger partial charge in [0.2, 0.25) is 0 Å². The molecule has 0 saturated carbocycles. The minimum absolute atomic E-state index is 0.663. The quantitative estimate of drug-likeness (QED) is 0.144. The second kappa shape index (κ2) is 15.5. The summed E-state index contributed by atoms with van der Waals surface area (Å²) in [7, 11) is 0. The van der Waals surface area contributed by atoms with Gasteiger partial charge in [0.15, 0.2) is 5.82 Å². The maximum absolute atomic E-state index is 5.75. The molecule has 0 unspecified atom stereocenters. The van der Waals surface area contributed by atoms with Crippen molar-refractivity contribution in [2.75, 3.05) is 4.90 Å². The van der Waals surface area contributed by atoms with Gasteiger partial charge in [0, 0.05) is 49.8 Å². The minimum atomic E-state index is 0.663. The molecule has 0 aliphatic rings. The van der Waals surface area contributed by atoms with Crippen molar-refractivity contribution in [1.82, 2.24) is 15.0 Å². The third-order valence-electron chi connectivity index (χ3n) is 11.4. The summed E-state index contributed by atoms with van der Waals surface area (Å²) in [6.07, 6.45) is 0. The molecule has 4 heteroatoms. The number of benzene rings is 9. The van der Waals surface area contributed by atoms with Gasteiger partial charge in [0.25, 0.3) is 0 Å². The number of para-hydroxylation sites is 3. The van der Waals surface area contributed by atoms with Crippen molar-refractivity contribution in [3.8, 4) is 56.3 Å². The molecule has 0 saturated heterocycles. The summed E-state index contributed by atoms with van der Waals surface area (Å²) >= 11 is 0. The summed E-state index contributed by atoms with van der Waals surface area (Å²) in [6, 6.07) is 80.8. The molecule has 0 amide bonds. The third-order valence-corrected chi connectivity index (χ3v) is 11.4. The molecule has 0 N–H and O–H groups in total. The number of hydrogen-bond donors (Lipinski definition) is 0. The molecule has 11 rings (SSSR count). The SMILES string of the molecule is c1ccc(-c2ccc(-c3nc(-c4ccccc4)cc(-c4cc5ccccc5c5c4c(-c4ccccc4)nc4c(N(c6ccccc6)c6ccccc6)cccc45)n3)cc2)cc1. The van der Waals surface area contributed by atoms with Gasteiger partial charge < -0.3 is 4.90 Å². The van der Waals surface area contributed by atoms with E-state index in [4.69, 9.17) is 15.0 Å². The fourth-order valence-corrected chi connectivity index (χ4v) is 8.57. The van der Waals surface area contributed by atoms with Crippen LogP contribution < -0.4 is 4.90 Å². The van der Waals surface area contributed by atoms with E-state index in [2.05, 4.69) is 223 Å². The van der Waals surface area contributed by atoms with Gasteiger partial charge in [0.05, 0.1) is 28.3 Å². The Morgan fingerprint density at radius 3 is 1.49 bits per heavy atom. The lowest BCUT2D eigenvalue weighted by molar-refractivity contribution is 1.18. The number of hydrogen-bond acceptors (Lipinski definition) is 4. The molecule has 0 atom stereocenters. The van der Waals surface area contributed by atoms with Crippen LogP contribution in [0, 0.1) is 0 Å². The zero-order valence-corrected chi connectivity index (χ0v) is 33.2. The predicted octanol–water partition coefficient (Wildman–Crippen LogP) is 15.1. The summed E-state index contributed by atoms with van der Waals surface area (Å²) < 4.78 is 0. The second-order valence-corrected chi connectivity index (χ2v) is 15.2. The Kier molecular flexibility index (Phi) is 9.14. The van der Waals surface area contributed by atoms with Gasteiger partial charge >= 0.3 is 0 Å². The maximum Gasteiger partial charge on any atom is 0.160 e. The van der Waals surface area contributed by atoms with Crippen LogP contribution in [0.2, 0.25) is 0 Å². The molecular formula is C57H38N4. The highest BCUT2D eigenvalue weighted by atomic mass is 15.1. The molecule has 2 aromatic heterocycles. The van der Waals surface area contributed by atoms with E-state index in [0.717, 1.165) is 94.4 Å². The molecule has 0 aliphatic carbocycles. The first-order valence-electron chi connectivity index (χ1n) is 20.6. The van der Waals surface area contributed by atoms with Crippen LogP contribution >= 0.6 is 0 Å². The summed E-state index contributed by atoms with van der Waals surface area (Å²) in [5, 5.41) is 5.52. The second-order valence-electron chi connectivity index (χ2n) is 15.2. The highest BCUT2D eigenvalue weighted by molar-refractivity contribution is 6.27. The van der Waals surface area contributed by atoms with Crippen molar-refractivity contribution < 1.29 is 0 Å². The average Bonchev–Trinajstić information content (AvgIpc) is 3.35. The first-order chi connectivity index (χ1) is 30.3. The fraction of sp³-hybridized carbons (Fsp3) is 0. The molecule has 61 heavy (non-hydrogen) atoms. The largest absolute Gasteiger partial charge is 0.308 e. The minimum Gasteiger partial charge on any atom is -0.308 e. The number of anilines is 3. The first kappa shape index (κ1) is 35.9. The first-order valence-corrected chi connectivity index (χ1v) is 20.6. The maximum atomic E-state index is 5.75. The van der Waals surface area contributed by atoms with Crippen LogP contribution in [-0.4, -0.2) is 15.0 Å². The molecule has 0 fully saturated rings. The van der Waals surface area contributed by atoms with Crippen LogP contribution in [0.1, 0.15) is 0 Å². The lowest BCUT2D eigenvalue weighted by Gasteiger charge is -2.27. The van der Waals surface area contributed by atoms with E-state index in [1.165, 1.54) is 5.56 Å². The molecular weight excluding hydrogens is 741 g/mol. The predicted molar refractivity (Wildman–Crippen MR) is 254 cm³/mol. The fourth-order valence-electron chi connectivity index (χ4n) is 8.57. The zero-order valence-electron chi connectivity index (χ0n) is 33.2. The highest BCUT2D eigenvalue weighted by Crippen LogP contribution is 2.47. The molecule has 11 aromatic rings. The van der Waals surface area contributed by atoms with Crippen LogP contribution in [0.4, 0.5) is 17.1 Å². The Morgan fingerprint density at radius 2 is 0.836 bits per heavy atom. The molecule has 9 aromatic carbocycles. The van der Waals surface area contributed by atoms with Gasteiger partial charge in [-0.2, -0.15) is 0 Å². The molecule has 2 heterocycles. The molecule has 0 spiro atoms. The Bertz CT molecular complexity index is 3280. The van der Waals surface area contributed by atoms with Crippen LogP contribution in [0.25, 0.3) is 88.7 Å². The van der Waals surface area contributed by atoms with E-state index in [1.54, 1.807) is 0 Å². The van der Waals surface area contributed by atoms with Gasteiger partial charge in [0.1, 0.15) is 0 Å².